The fraction of sp³-hybridized carbons (Fsp3) is 0.578. The quantitative estimate of drug-likeness (QED) is 0.0199. The van der Waals surface area contributed by atoms with E-state index in [4.69, 9.17) is 14.2 Å². The van der Waals surface area contributed by atoms with Crippen LogP contribution in [0.5, 0.6) is 0 Å². The number of ether oxygens (including phenoxy) is 3. The van der Waals surface area contributed by atoms with Crippen LogP contribution in [0.4, 0.5) is 0 Å². The Bertz CT molecular complexity index is 1580. The van der Waals surface area contributed by atoms with Gasteiger partial charge in [-0.15, -0.1) is 0 Å². The zero-order valence-corrected chi connectivity index (χ0v) is 44.7. The predicted octanol–water partition coefficient (Wildman–Crippen LogP) is 18.8. The summed E-state index contributed by atoms with van der Waals surface area (Å²) in [5.41, 5.74) is 0. The average Bonchev–Trinajstić information content (AvgIpc) is 3.36. The van der Waals surface area contributed by atoms with Crippen molar-refractivity contribution in [3.05, 3.63) is 146 Å². The number of allylic oxidation sites excluding steroid dienone is 24. The molecule has 0 radical (unpaired) electrons. The van der Waals surface area contributed by atoms with E-state index in [2.05, 4.69) is 130 Å². The summed E-state index contributed by atoms with van der Waals surface area (Å²) in [5.74, 6) is -0.963. The van der Waals surface area contributed by atoms with Crippen LogP contribution < -0.4 is 0 Å². The molecule has 0 aromatic heterocycles. The molecule has 0 bridgehead atoms. The number of carbonyl (C=O) groups excluding carboxylic acids is 3. The highest BCUT2D eigenvalue weighted by Crippen LogP contribution is 2.14. The van der Waals surface area contributed by atoms with Gasteiger partial charge in [0.2, 0.25) is 0 Å². The summed E-state index contributed by atoms with van der Waals surface area (Å²) in [6, 6.07) is 0. The van der Waals surface area contributed by atoms with Gasteiger partial charge in [-0.25, -0.2) is 0 Å². The number of hydrogen-bond acceptors (Lipinski definition) is 6. The molecule has 0 heterocycles. The van der Waals surface area contributed by atoms with Gasteiger partial charge in [-0.05, 0) is 96.3 Å². The summed E-state index contributed by atoms with van der Waals surface area (Å²) in [6.07, 6.45) is 81.1. The normalized spacial score (nSPS) is 13.2. The summed E-state index contributed by atoms with van der Waals surface area (Å²) < 4.78 is 16.8. The van der Waals surface area contributed by atoms with Gasteiger partial charge in [0.1, 0.15) is 13.2 Å². The first-order valence-electron chi connectivity index (χ1n) is 27.9. The van der Waals surface area contributed by atoms with Crippen LogP contribution in [-0.2, 0) is 28.6 Å². The summed E-state index contributed by atoms with van der Waals surface area (Å²) in [5, 5.41) is 0. The second kappa shape index (κ2) is 56.9. The summed E-state index contributed by atoms with van der Waals surface area (Å²) in [6.45, 7) is 6.25. The lowest BCUT2D eigenvalue weighted by Crippen LogP contribution is -2.30. The molecule has 0 amide bonds. The molecule has 0 spiro atoms. The predicted molar refractivity (Wildman–Crippen MR) is 302 cm³/mol. The minimum absolute atomic E-state index is 0.106. The van der Waals surface area contributed by atoms with Crippen molar-refractivity contribution in [2.45, 2.75) is 226 Å². The van der Waals surface area contributed by atoms with Crippen LogP contribution in [0.2, 0.25) is 0 Å². The Morgan fingerprint density at radius 3 is 1.04 bits per heavy atom. The lowest BCUT2D eigenvalue weighted by molar-refractivity contribution is -0.167. The highest BCUT2D eigenvalue weighted by Gasteiger charge is 2.19. The van der Waals surface area contributed by atoms with Crippen molar-refractivity contribution >= 4 is 17.9 Å². The minimum Gasteiger partial charge on any atom is -0.462 e. The first kappa shape index (κ1) is 65.3. The fourth-order valence-corrected chi connectivity index (χ4v) is 7.11. The second-order valence-corrected chi connectivity index (χ2v) is 17.9. The Hall–Kier alpha value is -4.71. The van der Waals surface area contributed by atoms with Gasteiger partial charge in [-0.2, -0.15) is 0 Å². The molecule has 70 heavy (non-hydrogen) atoms. The van der Waals surface area contributed by atoms with Crippen molar-refractivity contribution in [2.24, 2.45) is 0 Å². The van der Waals surface area contributed by atoms with E-state index < -0.39 is 6.10 Å². The van der Waals surface area contributed by atoms with Crippen molar-refractivity contribution in [3.8, 4) is 0 Å². The molecule has 392 valence electrons. The van der Waals surface area contributed by atoms with Crippen molar-refractivity contribution < 1.29 is 28.6 Å². The van der Waals surface area contributed by atoms with E-state index in [1.165, 1.54) is 44.9 Å². The molecule has 1 unspecified atom stereocenters. The third-order valence-corrected chi connectivity index (χ3v) is 11.2. The summed E-state index contributed by atoms with van der Waals surface area (Å²) in [4.78, 5) is 38.2. The van der Waals surface area contributed by atoms with Gasteiger partial charge in [-0.1, -0.05) is 250 Å². The van der Waals surface area contributed by atoms with Gasteiger partial charge in [0.25, 0.3) is 0 Å². The number of rotatable bonds is 48. The van der Waals surface area contributed by atoms with Gasteiger partial charge >= 0.3 is 17.9 Å². The number of unbranched alkanes of at least 4 members (excludes halogenated alkanes) is 19. The standard InChI is InChI=1S/C64H100O6/c1-4-7-10-13-16-19-22-25-28-30-32-34-36-39-42-45-48-51-54-57-63(66)69-60-61(59-68-62(65)56-53-50-47-44-41-38-35-27-24-21-18-15-12-9-6-3)70-64(67)58-55-52-49-46-43-40-37-33-31-29-26-23-20-17-14-11-8-5-2/h7,9-12,14-21,23-26,28-29,31-34,37,61H,4-6,8,13,22,27,30,35-36,38-60H2,1-3H3/b10-7-,12-9-,14-11-,18-15-,19-16-,20-17-,24-21-,26-23-,28-25-,31-29-,34-32-,37-33-. The molecule has 0 aliphatic heterocycles. The Morgan fingerprint density at radius 2 is 0.629 bits per heavy atom. The Balaban J connectivity index is 4.52. The molecule has 0 N–H and O–H groups in total. The average molecular weight is 965 g/mol. The van der Waals surface area contributed by atoms with Gasteiger partial charge < -0.3 is 14.2 Å². The molecular formula is C64H100O6. The highest BCUT2D eigenvalue weighted by atomic mass is 16.6. The molecule has 0 aliphatic carbocycles. The molecule has 0 saturated heterocycles. The van der Waals surface area contributed by atoms with Crippen LogP contribution in [0.1, 0.15) is 220 Å². The SMILES string of the molecule is CC\C=C/C=C\C=C/CCCCCCCCCC(=O)OCC(COC(=O)CCCCCCCC/C=C\C/C=C\C/C=C\C/C=C\CC)OC(=O)CCCCCCC\C=C/C=C\C=C/C=C\C=C/CCC. The zero-order valence-electron chi connectivity index (χ0n) is 44.7. The monoisotopic (exact) mass is 965 g/mol. The molecule has 0 rings (SSSR count). The van der Waals surface area contributed by atoms with E-state index in [0.717, 1.165) is 135 Å². The molecule has 0 saturated carbocycles. The van der Waals surface area contributed by atoms with Gasteiger partial charge in [-0.3, -0.25) is 14.4 Å². The number of esters is 3. The van der Waals surface area contributed by atoms with Crippen LogP contribution in [-0.4, -0.2) is 37.2 Å². The smallest absolute Gasteiger partial charge is 0.306 e. The molecule has 0 aromatic carbocycles. The maximum absolute atomic E-state index is 12.9. The molecule has 0 fully saturated rings. The lowest BCUT2D eigenvalue weighted by atomic mass is 10.1. The Labute approximate surface area is 429 Å². The minimum atomic E-state index is -0.810. The topological polar surface area (TPSA) is 78.9 Å². The van der Waals surface area contributed by atoms with Crippen molar-refractivity contribution in [2.75, 3.05) is 13.2 Å². The first-order chi connectivity index (χ1) is 34.5. The molecule has 1 atom stereocenters. The van der Waals surface area contributed by atoms with E-state index >= 15 is 0 Å². The Morgan fingerprint density at radius 1 is 0.314 bits per heavy atom. The van der Waals surface area contributed by atoms with E-state index in [0.29, 0.717) is 12.8 Å². The van der Waals surface area contributed by atoms with Gasteiger partial charge in [0, 0.05) is 19.3 Å². The molecule has 6 nitrogen and oxygen atoms in total. The van der Waals surface area contributed by atoms with Crippen LogP contribution in [0, 0.1) is 0 Å². The van der Waals surface area contributed by atoms with Crippen LogP contribution in [0.3, 0.4) is 0 Å². The first-order valence-corrected chi connectivity index (χ1v) is 27.9. The number of hydrogen-bond donors (Lipinski definition) is 0. The van der Waals surface area contributed by atoms with Gasteiger partial charge in [0.15, 0.2) is 6.10 Å². The lowest BCUT2D eigenvalue weighted by Gasteiger charge is -2.18. The third-order valence-electron chi connectivity index (χ3n) is 11.2. The van der Waals surface area contributed by atoms with E-state index in [9.17, 15) is 14.4 Å². The maximum Gasteiger partial charge on any atom is 0.306 e. The van der Waals surface area contributed by atoms with Crippen LogP contribution in [0.25, 0.3) is 0 Å². The third kappa shape index (κ3) is 54.2. The molecular weight excluding hydrogens is 865 g/mol. The van der Waals surface area contributed by atoms with Gasteiger partial charge in [0.05, 0.1) is 0 Å². The van der Waals surface area contributed by atoms with Crippen molar-refractivity contribution in [1.29, 1.82) is 0 Å². The number of carbonyl (C=O) groups is 3. The van der Waals surface area contributed by atoms with Crippen LogP contribution in [0.15, 0.2) is 146 Å². The van der Waals surface area contributed by atoms with E-state index in [1.807, 2.05) is 36.5 Å². The summed E-state index contributed by atoms with van der Waals surface area (Å²) in [7, 11) is 0. The largest absolute Gasteiger partial charge is 0.462 e. The Kier molecular flexibility index (Phi) is 53.0. The van der Waals surface area contributed by atoms with E-state index in [1.54, 1.807) is 0 Å². The maximum atomic E-state index is 12.9. The van der Waals surface area contributed by atoms with Crippen molar-refractivity contribution in [1.82, 2.24) is 0 Å². The summed E-state index contributed by atoms with van der Waals surface area (Å²) >= 11 is 0. The van der Waals surface area contributed by atoms with Crippen LogP contribution >= 0.6 is 0 Å². The van der Waals surface area contributed by atoms with E-state index in [-0.39, 0.29) is 37.5 Å². The highest BCUT2D eigenvalue weighted by molar-refractivity contribution is 5.71. The fourth-order valence-electron chi connectivity index (χ4n) is 7.11. The molecule has 0 aromatic rings. The molecule has 0 aliphatic rings. The molecule has 6 heteroatoms. The van der Waals surface area contributed by atoms with Crippen molar-refractivity contribution in [3.63, 3.8) is 0 Å². The second-order valence-electron chi connectivity index (χ2n) is 17.9. The zero-order chi connectivity index (χ0) is 50.7.